The summed E-state index contributed by atoms with van der Waals surface area (Å²) in [5, 5.41) is 6.28. The molecule has 2 N–H and O–H groups in total. The van der Waals surface area contributed by atoms with Gasteiger partial charge in [0.25, 0.3) is 0 Å². The molecule has 9 heteroatoms. The third-order valence-corrected chi connectivity index (χ3v) is 4.77. The average molecular weight is 477 g/mol. The smallest absolute Gasteiger partial charge is 0.322 e. The number of halogens is 2. The monoisotopic (exact) mass is 476 g/mol. The van der Waals surface area contributed by atoms with Crippen LogP contribution in [0.5, 0.6) is 17.2 Å². The van der Waals surface area contributed by atoms with Gasteiger partial charge in [0.15, 0.2) is 0 Å². The first-order valence-corrected chi connectivity index (χ1v) is 9.92. The third-order valence-electron chi connectivity index (χ3n) is 4.77. The fraction of sp³-hybridized carbons (Fsp3) is 0.217. The Labute approximate surface area is 200 Å². The van der Waals surface area contributed by atoms with Crippen molar-refractivity contribution in [1.29, 1.82) is 0 Å². The number of pyridine rings is 1. The number of aromatic nitrogens is 1. The number of hydrogen-bond donors (Lipinski definition) is 2. The number of carbonyl (C=O) groups excluding carboxylic acids is 1. The summed E-state index contributed by atoms with van der Waals surface area (Å²) in [7, 11) is 0. The van der Waals surface area contributed by atoms with E-state index in [0.717, 1.165) is 12.3 Å². The molecule has 0 spiro atoms. The fourth-order valence-electron chi connectivity index (χ4n) is 3.23. The molecule has 2 amide bonds. The minimum absolute atomic E-state index is 0. The molecule has 7 nitrogen and oxygen atoms in total. The van der Waals surface area contributed by atoms with Crippen LogP contribution in [-0.4, -0.2) is 48.2 Å². The highest BCUT2D eigenvalue weighted by Gasteiger charge is 2.27. The Morgan fingerprint density at radius 1 is 1.00 bits per heavy atom. The lowest BCUT2D eigenvalue weighted by atomic mass is 10.2. The number of ether oxygens (including phenoxy) is 2. The van der Waals surface area contributed by atoms with Gasteiger partial charge < -0.3 is 25.0 Å². The second-order valence-electron chi connectivity index (χ2n) is 6.92. The van der Waals surface area contributed by atoms with Gasteiger partial charge in [0.05, 0.1) is 12.2 Å². The summed E-state index contributed by atoms with van der Waals surface area (Å²) >= 11 is 0. The molecule has 1 aliphatic heterocycles. The van der Waals surface area contributed by atoms with E-state index in [9.17, 15) is 4.79 Å². The van der Waals surface area contributed by atoms with Crippen molar-refractivity contribution in [3.8, 4) is 17.2 Å². The largest absolute Gasteiger partial charge is 0.490 e. The van der Waals surface area contributed by atoms with Crippen molar-refractivity contribution >= 4 is 36.5 Å². The molecule has 1 fully saturated rings. The van der Waals surface area contributed by atoms with E-state index in [1.165, 1.54) is 0 Å². The zero-order valence-electron chi connectivity index (χ0n) is 17.3. The predicted octanol–water partition coefficient (Wildman–Crippen LogP) is 4.60. The van der Waals surface area contributed by atoms with Crippen LogP contribution in [0, 0.1) is 0 Å². The van der Waals surface area contributed by atoms with Crippen LogP contribution < -0.4 is 20.1 Å². The van der Waals surface area contributed by atoms with Gasteiger partial charge >= 0.3 is 6.03 Å². The summed E-state index contributed by atoms with van der Waals surface area (Å²) in [6.45, 7) is 2.44. The molecular weight excluding hydrogens is 451 g/mol. The van der Waals surface area contributed by atoms with Crippen LogP contribution >= 0.6 is 24.8 Å². The minimum Gasteiger partial charge on any atom is -0.490 e. The van der Waals surface area contributed by atoms with Crippen molar-refractivity contribution in [2.75, 3.05) is 31.6 Å². The van der Waals surface area contributed by atoms with Gasteiger partial charge in [0.2, 0.25) is 0 Å². The van der Waals surface area contributed by atoms with Crippen LogP contribution in [0.15, 0.2) is 79.1 Å². The van der Waals surface area contributed by atoms with E-state index in [4.69, 9.17) is 9.47 Å². The first-order chi connectivity index (χ1) is 14.8. The maximum Gasteiger partial charge on any atom is 0.322 e. The molecule has 0 saturated carbocycles. The molecule has 2 heterocycles. The Morgan fingerprint density at radius 2 is 1.72 bits per heavy atom. The van der Waals surface area contributed by atoms with Gasteiger partial charge in [0, 0.05) is 31.5 Å². The topological polar surface area (TPSA) is 75.7 Å². The number of para-hydroxylation sites is 1. The van der Waals surface area contributed by atoms with Crippen molar-refractivity contribution in [3.63, 3.8) is 0 Å². The number of amides is 2. The lowest BCUT2D eigenvalue weighted by Crippen LogP contribution is -2.57. The predicted molar refractivity (Wildman–Crippen MR) is 130 cm³/mol. The normalized spacial score (nSPS) is 15.0. The molecule has 0 bridgehead atoms. The Kier molecular flexibility index (Phi) is 10.1. The molecule has 1 saturated heterocycles. The van der Waals surface area contributed by atoms with Crippen LogP contribution in [0.2, 0.25) is 0 Å². The molecule has 170 valence electrons. The lowest BCUT2D eigenvalue weighted by molar-refractivity contribution is 0.133. The summed E-state index contributed by atoms with van der Waals surface area (Å²) in [5.41, 5.74) is 0.714. The van der Waals surface area contributed by atoms with Crippen molar-refractivity contribution < 1.29 is 14.3 Å². The fourth-order valence-corrected chi connectivity index (χ4v) is 3.23. The van der Waals surface area contributed by atoms with Gasteiger partial charge in [-0.25, -0.2) is 4.79 Å². The lowest BCUT2D eigenvalue weighted by Gasteiger charge is -2.35. The molecule has 4 rings (SSSR count). The molecular formula is C23H26Cl2N4O3. The number of benzene rings is 2. The van der Waals surface area contributed by atoms with Crippen LogP contribution in [-0.2, 0) is 0 Å². The molecule has 0 aliphatic carbocycles. The van der Waals surface area contributed by atoms with Crippen molar-refractivity contribution in [3.05, 3.63) is 79.1 Å². The van der Waals surface area contributed by atoms with E-state index < -0.39 is 0 Å². The van der Waals surface area contributed by atoms with E-state index in [0.29, 0.717) is 36.9 Å². The molecule has 32 heavy (non-hydrogen) atoms. The van der Waals surface area contributed by atoms with Crippen LogP contribution in [0.25, 0.3) is 0 Å². The molecule has 1 aliphatic rings. The number of piperazine rings is 1. The van der Waals surface area contributed by atoms with Crippen molar-refractivity contribution in [2.45, 2.75) is 6.04 Å². The summed E-state index contributed by atoms with van der Waals surface area (Å²) in [6.07, 6.45) is 3.37. The number of nitrogens with zero attached hydrogens (tertiary/aromatic N) is 2. The van der Waals surface area contributed by atoms with E-state index >= 15 is 0 Å². The van der Waals surface area contributed by atoms with E-state index in [1.54, 1.807) is 17.3 Å². The van der Waals surface area contributed by atoms with Crippen LogP contribution in [0.3, 0.4) is 0 Å². The summed E-state index contributed by atoms with van der Waals surface area (Å²) in [6, 6.07) is 20.4. The SMILES string of the molecule is Cl.Cl.O=C(Nc1ccc(Oc2ccccc2)cc1)N1CCNCC1COc1cccnc1. The first-order valence-electron chi connectivity index (χ1n) is 9.92. The number of carbonyl (C=O) groups is 1. The average Bonchev–Trinajstić information content (AvgIpc) is 2.80. The molecule has 1 aromatic heterocycles. The highest BCUT2D eigenvalue weighted by Crippen LogP contribution is 2.23. The van der Waals surface area contributed by atoms with Gasteiger partial charge in [0.1, 0.15) is 23.9 Å². The summed E-state index contributed by atoms with van der Waals surface area (Å²) in [4.78, 5) is 18.7. The first kappa shape index (κ1) is 25.3. The van der Waals surface area contributed by atoms with Gasteiger partial charge in [-0.05, 0) is 48.5 Å². The molecule has 0 radical (unpaired) electrons. The zero-order valence-corrected chi connectivity index (χ0v) is 19.0. The summed E-state index contributed by atoms with van der Waals surface area (Å²) < 4.78 is 11.6. The number of anilines is 1. The highest BCUT2D eigenvalue weighted by molar-refractivity contribution is 5.89. The third kappa shape index (κ3) is 7.02. The number of rotatable bonds is 6. The van der Waals surface area contributed by atoms with Crippen molar-refractivity contribution in [1.82, 2.24) is 15.2 Å². The van der Waals surface area contributed by atoms with E-state index in [2.05, 4.69) is 15.6 Å². The van der Waals surface area contributed by atoms with E-state index in [1.807, 2.05) is 66.7 Å². The second-order valence-corrected chi connectivity index (χ2v) is 6.92. The van der Waals surface area contributed by atoms with Gasteiger partial charge in [-0.3, -0.25) is 4.98 Å². The maximum atomic E-state index is 12.9. The standard InChI is InChI=1S/C23H24N4O3.2ClH/c28-23(26-18-8-10-21(11-9-18)30-20-5-2-1-3-6-20)27-14-13-25-15-19(27)17-29-22-7-4-12-24-16-22;;/h1-12,16,19,25H,13-15,17H2,(H,26,28);2*1H. The Morgan fingerprint density at radius 3 is 2.44 bits per heavy atom. The zero-order chi connectivity index (χ0) is 20.6. The highest BCUT2D eigenvalue weighted by atomic mass is 35.5. The Balaban J connectivity index is 0.00000181. The molecule has 1 unspecified atom stereocenters. The number of hydrogen-bond acceptors (Lipinski definition) is 5. The Hall–Kier alpha value is -3.00. The van der Waals surface area contributed by atoms with Crippen molar-refractivity contribution in [2.24, 2.45) is 0 Å². The van der Waals surface area contributed by atoms with Crippen LogP contribution in [0.1, 0.15) is 0 Å². The quantitative estimate of drug-likeness (QED) is 0.543. The number of nitrogens with one attached hydrogen (secondary N) is 2. The van der Waals surface area contributed by atoms with Gasteiger partial charge in [-0.15, -0.1) is 24.8 Å². The Bertz CT molecular complexity index is 946. The van der Waals surface area contributed by atoms with Gasteiger partial charge in [-0.2, -0.15) is 0 Å². The summed E-state index contributed by atoms with van der Waals surface area (Å²) in [5.74, 6) is 2.17. The van der Waals surface area contributed by atoms with Crippen LogP contribution in [0.4, 0.5) is 10.5 Å². The molecule has 3 aromatic rings. The maximum absolute atomic E-state index is 12.9. The number of urea groups is 1. The molecule has 2 aromatic carbocycles. The van der Waals surface area contributed by atoms with E-state index in [-0.39, 0.29) is 36.9 Å². The molecule has 1 atom stereocenters. The minimum atomic E-state index is -0.145. The van der Waals surface area contributed by atoms with Gasteiger partial charge in [-0.1, -0.05) is 18.2 Å². The second kappa shape index (κ2) is 12.8.